The molecule has 0 aromatic carbocycles. The summed E-state index contributed by atoms with van der Waals surface area (Å²) in [5, 5.41) is 12.3. The van der Waals surface area contributed by atoms with Gasteiger partial charge >= 0.3 is 0 Å². The first-order chi connectivity index (χ1) is 9.24. The number of rotatable bonds is 8. The second-order valence-electron chi connectivity index (χ2n) is 4.36. The quantitative estimate of drug-likeness (QED) is 0.751. The van der Waals surface area contributed by atoms with Gasteiger partial charge in [-0.3, -0.25) is 9.78 Å². The molecule has 0 radical (unpaired) electrons. The molecule has 0 fully saturated rings. The monoisotopic (exact) mass is 265 g/mol. The zero-order valence-corrected chi connectivity index (χ0v) is 11.7. The maximum Gasteiger partial charge on any atom is 0.256 e. The second-order valence-corrected chi connectivity index (χ2v) is 4.36. The molecule has 0 aliphatic carbocycles. The van der Waals surface area contributed by atoms with Crippen LogP contribution in [-0.4, -0.2) is 47.1 Å². The van der Waals surface area contributed by atoms with E-state index in [-0.39, 0.29) is 12.5 Å². The number of carbonyl (C=O) groups is 1. The molecule has 0 atom stereocenters. The predicted molar refractivity (Wildman–Crippen MR) is 76.3 cm³/mol. The van der Waals surface area contributed by atoms with E-state index in [1.165, 1.54) is 0 Å². The van der Waals surface area contributed by atoms with Crippen LogP contribution < -0.4 is 5.32 Å². The largest absolute Gasteiger partial charge is 0.395 e. The van der Waals surface area contributed by atoms with Crippen LogP contribution in [0.15, 0.2) is 18.5 Å². The standard InChI is InChI=1S/C14H23N3O2/c1-3-6-16-13-11-15-7-5-12(13)14(19)17(8-4-2)9-10-18/h5,7,11,16,18H,3-4,6,8-10H2,1-2H3. The average molecular weight is 265 g/mol. The maximum absolute atomic E-state index is 12.5. The van der Waals surface area contributed by atoms with Crippen molar-refractivity contribution in [1.82, 2.24) is 9.88 Å². The number of aliphatic hydroxyl groups is 1. The van der Waals surface area contributed by atoms with Crippen LogP contribution >= 0.6 is 0 Å². The van der Waals surface area contributed by atoms with Crippen molar-refractivity contribution in [2.75, 3.05) is 31.6 Å². The minimum atomic E-state index is -0.0584. The first-order valence-corrected chi connectivity index (χ1v) is 6.82. The van der Waals surface area contributed by atoms with Crippen LogP contribution in [0.5, 0.6) is 0 Å². The molecule has 0 bridgehead atoms. The van der Waals surface area contributed by atoms with Crippen LogP contribution in [0.3, 0.4) is 0 Å². The zero-order valence-electron chi connectivity index (χ0n) is 11.7. The van der Waals surface area contributed by atoms with E-state index in [1.54, 1.807) is 23.4 Å². The summed E-state index contributed by atoms with van der Waals surface area (Å²) in [6.45, 7) is 5.88. The van der Waals surface area contributed by atoms with Crippen LogP contribution in [0.25, 0.3) is 0 Å². The summed E-state index contributed by atoms with van der Waals surface area (Å²) in [6, 6.07) is 1.72. The van der Waals surface area contributed by atoms with Crippen molar-refractivity contribution in [1.29, 1.82) is 0 Å². The highest BCUT2D eigenvalue weighted by Gasteiger charge is 2.17. The van der Waals surface area contributed by atoms with Gasteiger partial charge in [-0.05, 0) is 18.9 Å². The number of carbonyl (C=O) groups excluding carboxylic acids is 1. The summed E-state index contributed by atoms with van der Waals surface area (Å²) in [4.78, 5) is 18.2. The van der Waals surface area contributed by atoms with Crippen LogP contribution in [0.1, 0.15) is 37.0 Å². The van der Waals surface area contributed by atoms with E-state index >= 15 is 0 Å². The highest BCUT2D eigenvalue weighted by Crippen LogP contribution is 2.16. The fraction of sp³-hybridized carbons (Fsp3) is 0.571. The van der Waals surface area contributed by atoms with Crippen molar-refractivity contribution >= 4 is 11.6 Å². The Balaban J connectivity index is 2.89. The maximum atomic E-state index is 12.5. The normalized spacial score (nSPS) is 10.3. The average Bonchev–Trinajstić information content (AvgIpc) is 2.44. The highest BCUT2D eigenvalue weighted by molar-refractivity contribution is 5.99. The summed E-state index contributed by atoms with van der Waals surface area (Å²) in [5.74, 6) is -0.0584. The molecule has 1 heterocycles. The van der Waals surface area contributed by atoms with Gasteiger partial charge in [0.15, 0.2) is 0 Å². The highest BCUT2D eigenvalue weighted by atomic mass is 16.3. The molecule has 0 aliphatic heterocycles. The van der Waals surface area contributed by atoms with E-state index in [0.29, 0.717) is 18.7 Å². The molecular weight excluding hydrogens is 242 g/mol. The number of nitrogens with one attached hydrogen (secondary N) is 1. The number of aromatic nitrogens is 1. The molecule has 1 amide bonds. The molecule has 1 aromatic heterocycles. The lowest BCUT2D eigenvalue weighted by molar-refractivity contribution is 0.0723. The number of amides is 1. The smallest absolute Gasteiger partial charge is 0.256 e. The van der Waals surface area contributed by atoms with Crippen molar-refractivity contribution in [2.45, 2.75) is 26.7 Å². The predicted octanol–water partition coefficient (Wildman–Crippen LogP) is 1.75. The van der Waals surface area contributed by atoms with Crippen molar-refractivity contribution in [3.63, 3.8) is 0 Å². The number of pyridine rings is 1. The third kappa shape index (κ3) is 4.52. The first kappa shape index (κ1) is 15.4. The molecule has 0 saturated heterocycles. The van der Waals surface area contributed by atoms with Gasteiger partial charge in [-0.25, -0.2) is 0 Å². The Morgan fingerprint density at radius 2 is 2.16 bits per heavy atom. The Kier molecular flexibility index (Phi) is 6.89. The van der Waals surface area contributed by atoms with Gasteiger partial charge in [0.05, 0.1) is 24.1 Å². The lowest BCUT2D eigenvalue weighted by Gasteiger charge is -2.22. The Bertz CT molecular complexity index is 390. The summed E-state index contributed by atoms with van der Waals surface area (Å²) >= 11 is 0. The Morgan fingerprint density at radius 3 is 2.79 bits per heavy atom. The lowest BCUT2D eigenvalue weighted by atomic mass is 10.2. The van der Waals surface area contributed by atoms with Crippen molar-refractivity contribution in [3.05, 3.63) is 24.0 Å². The van der Waals surface area contributed by atoms with E-state index in [0.717, 1.165) is 25.1 Å². The van der Waals surface area contributed by atoms with Gasteiger partial charge in [0.2, 0.25) is 0 Å². The summed E-state index contributed by atoms with van der Waals surface area (Å²) in [6.07, 6.45) is 5.14. The molecule has 1 rings (SSSR count). The van der Waals surface area contributed by atoms with Gasteiger partial charge in [-0.15, -0.1) is 0 Å². The minimum absolute atomic E-state index is 0.0193. The molecule has 106 valence electrons. The van der Waals surface area contributed by atoms with Crippen LogP contribution in [0.2, 0.25) is 0 Å². The lowest BCUT2D eigenvalue weighted by Crippen LogP contribution is -2.34. The minimum Gasteiger partial charge on any atom is -0.395 e. The second kappa shape index (κ2) is 8.48. The summed E-state index contributed by atoms with van der Waals surface area (Å²) in [5.41, 5.74) is 1.37. The summed E-state index contributed by atoms with van der Waals surface area (Å²) in [7, 11) is 0. The number of anilines is 1. The Hall–Kier alpha value is -1.62. The fourth-order valence-electron chi connectivity index (χ4n) is 1.86. The van der Waals surface area contributed by atoms with Crippen LogP contribution in [0, 0.1) is 0 Å². The van der Waals surface area contributed by atoms with Gasteiger partial charge in [0, 0.05) is 25.8 Å². The zero-order chi connectivity index (χ0) is 14.1. The Morgan fingerprint density at radius 1 is 1.37 bits per heavy atom. The fourth-order valence-corrected chi connectivity index (χ4v) is 1.86. The molecule has 5 heteroatoms. The first-order valence-electron chi connectivity index (χ1n) is 6.82. The molecule has 0 aliphatic rings. The van der Waals surface area contributed by atoms with Crippen LogP contribution in [-0.2, 0) is 0 Å². The van der Waals surface area contributed by atoms with Crippen molar-refractivity contribution < 1.29 is 9.90 Å². The van der Waals surface area contributed by atoms with Gasteiger partial charge in [0.25, 0.3) is 5.91 Å². The molecule has 0 unspecified atom stereocenters. The van der Waals surface area contributed by atoms with Crippen molar-refractivity contribution in [3.8, 4) is 0 Å². The van der Waals surface area contributed by atoms with Crippen molar-refractivity contribution in [2.24, 2.45) is 0 Å². The van der Waals surface area contributed by atoms with E-state index in [1.807, 2.05) is 6.92 Å². The molecule has 2 N–H and O–H groups in total. The SMILES string of the molecule is CCCNc1cnccc1C(=O)N(CCC)CCO. The molecule has 0 saturated carbocycles. The van der Waals surface area contributed by atoms with Crippen LogP contribution in [0.4, 0.5) is 5.69 Å². The van der Waals surface area contributed by atoms with E-state index in [2.05, 4.69) is 17.2 Å². The molecular formula is C14H23N3O2. The number of hydrogen-bond donors (Lipinski definition) is 2. The van der Waals surface area contributed by atoms with E-state index in [4.69, 9.17) is 5.11 Å². The third-order valence-electron chi connectivity index (χ3n) is 2.77. The van der Waals surface area contributed by atoms with Gasteiger partial charge < -0.3 is 15.3 Å². The Labute approximate surface area is 114 Å². The number of nitrogens with zero attached hydrogens (tertiary/aromatic N) is 2. The van der Waals surface area contributed by atoms with Gasteiger partial charge in [0.1, 0.15) is 0 Å². The van der Waals surface area contributed by atoms with Gasteiger partial charge in [-0.2, -0.15) is 0 Å². The van der Waals surface area contributed by atoms with E-state index < -0.39 is 0 Å². The molecule has 0 spiro atoms. The number of hydrogen-bond acceptors (Lipinski definition) is 4. The van der Waals surface area contributed by atoms with Gasteiger partial charge in [-0.1, -0.05) is 13.8 Å². The number of aliphatic hydroxyl groups excluding tert-OH is 1. The molecule has 1 aromatic rings. The molecule has 5 nitrogen and oxygen atoms in total. The topological polar surface area (TPSA) is 65.5 Å². The third-order valence-corrected chi connectivity index (χ3v) is 2.77. The molecule has 19 heavy (non-hydrogen) atoms. The van der Waals surface area contributed by atoms with E-state index in [9.17, 15) is 4.79 Å². The summed E-state index contributed by atoms with van der Waals surface area (Å²) < 4.78 is 0.